The predicted molar refractivity (Wildman–Crippen MR) is 112 cm³/mol. The van der Waals surface area contributed by atoms with E-state index in [4.69, 9.17) is 16.1 Å². The standard InChI is InChI=1S/C19H23ClN4O5S/c1-11-18(12(2)29-23-11)30(27,28)24-8-4-5-14(10-24)19(26)22-17-9-15(21-13(3)25)6-7-16(17)20/h6-7,9,14H,4-5,8,10H2,1-3H3,(H,21,25)(H,22,26). The summed E-state index contributed by atoms with van der Waals surface area (Å²) < 4.78 is 32.4. The van der Waals surface area contributed by atoms with Crippen LogP contribution in [0.3, 0.4) is 0 Å². The molecule has 0 bridgehead atoms. The second kappa shape index (κ2) is 8.75. The maximum Gasteiger partial charge on any atom is 0.248 e. The molecule has 11 heteroatoms. The SMILES string of the molecule is CC(=O)Nc1ccc(Cl)c(NC(=O)C2CCCN(S(=O)(=O)c3c(C)noc3C)C2)c1. The first-order valence-electron chi connectivity index (χ1n) is 9.40. The van der Waals surface area contributed by atoms with Crippen molar-refractivity contribution < 1.29 is 22.5 Å². The largest absolute Gasteiger partial charge is 0.360 e. The average Bonchev–Trinajstić information content (AvgIpc) is 3.03. The van der Waals surface area contributed by atoms with Crippen molar-refractivity contribution in [3.63, 3.8) is 0 Å². The highest BCUT2D eigenvalue weighted by atomic mass is 35.5. The van der Waals surface area contributed by atoms with Gasteiger partial charge in [-0.2, -0.15) is 4.31 Å². The molecule has 0 saturated carbocycles. The Morgan fingerprint density at radius 1 is 1.27 bits per heavy atom. The highest BCUT2D eigenvalue weighted by Crippen LogP contribution is 2.30. The minimum absolute atomic E-state index is 0.0429. The summed E-state index contributed by atoms with van der Waals surface area (Å²) >= 11 is 6.17. The maximum atomic E-state index is 13.1. The fourth-order valence-electron chi connectivity index (χ4n) is 3.48. The smallest absolute Gasteiger partial charge is 0.248 e. The van der Waals surface area contributed by atoms with E-state index in [1.54, 1.807) is 32.0 Å². The van der Waals surface area contributed by atoms with Gasteiger partial charge in [-0.1, -0.05) is 16.8 Å². The molecule has 2 N–H and O–H groups in total. The summed E-state index contributed by atoms with van der Waals surface area (Å²) in [6.07, 6.45) is 1.09. The number of rotatable bonds is 5. The molecule has 2 amide bonds. The fourth-order valence-corrected chi connectivity index (χ4v) is 5.46. The van der Waals surface area contributed by atoms with Crippen LogP contribution in [0.2, 0.25) is 5.02 Å². The van der Waals surface area contributed by atoms with Crippen LogP contribution in [0.5, 0.6) is 0 Å². The number of benzene rings is 1. The van der Waals surface area contributed by atoms with Gasteiger partial charge in [-0.3, -0.25) is 9.59 Å². The van der Waals surface area contributed by atoms with Crippen molar-refractivity contribution in [1.82, 2.24) is 9.46 Å². The quantitative estimate of drug-likeness (QED) is 0.716. The Morgan fingerprint density at radius 3 is 2.63 bits per heavy atom. The zero-order chi connectivity index (χ0) is 22.1. The van der Waals surface area contributed by atoms with Crippen LogP contribution in [0.15, 0.2) is 27.6 Å². The topological polar surface area (TPSA) is 122 Å². The first-order valence-corrected chi connectivity index (χ1v) is 11.2. The zero-order valence-corrected chi connectivity index (χ0v) is 18.4. The minimum Gasteiger partial charge on any atom is -0.360 e. The van der Waals surface area contributed by atoms with Gasteiger partial charge in [-0.25, -0.2) is 8.42 Å². The Hall–Kier alpha value is -2.43. The maximum absolute atomic E-state index is 13.1. The fraction of sp³-hybridized carbons (Fsp3) is 0.421. The van der Waals surface area contributed by atoms with Gasteiger partial charge in [0.1, 0.15) is 10.6 Å². The molecule has 1 aromatic carbocycles. The van der Waals surface area contributed by atoms with Gasteiger partial charge in [0.25, 0.3) is 0 Å². The molecule has 30 heavy (non-hydrogen) atoms. The minimum atomic E-state index is -3.82. The van der Waals surface area contributed by atoms with Crippen molar-refractivity contribution in [2.75, 3.05) is 23.7 Å². The van der Waals surface area contributed by atoms with Crippen LogP contribution in [0.25, 0.3) is 0 Å². The van der Waals surface area contributed by atoms with Crippen molar-refractivity contribution in [3.8, 4) is 0 Å². The van der Waals surface area contributed by atoms with Gasteiger partial charge in [0.05, 0.1) is 16.6 Å². The van der Waals surface area contributed by atoms with E-state index >= 15 is 0 Å². The molecular formula is C19H23ClN4O5S. The molecule has 1 aromatic heterocycles. The number of sulfonamides is 1. The Kier molecular flexibility index (Phi) is 6.49. The number of halogens is 1. The third-order valence-corrected chi connectivity index (χ3v) is 7.31. The number of hydrogen-bond acceptors (Lipinski definition) is 6. The molecule has 9 nitrogen and oxygen atoms in total. The molecule has 2 aromatic rings. The predicted octanol–water partition coefficient (Wildman–Crippen LogP) is 2.94. The molecule has 3 rings (SSSR count). The Balaban J connectivity index is 1.76. The lowest BCUT2D eigenvalue weighted by Gasteiger charge is -2.31. The highest BCUT2D eigenvalue weighted by Gasteiger charge is 2.36. The molecule has 1 aliphatic heterocycles. The van der Waals surface area contributed by atoms with E-state index in [9.17, 15) is 18.0 Å². The van der Waals surface area contributed by atoms with Gasteiger partial charge in [0.15, 0.2) is 5.76 Å². The van der Waals surface area contributed by atoms with E-state index in [1.165, 1.54) is 11.2 Å². The Bertz CT molecular complexity index is 1060. The van der Waals surface area contributed by atoms with Gasteiger partial charge < -0.3 is 15.2 Å². The normalized spacial score (nSPS) is 17.5. The second-order valence-corrected chi connectivity index (χ2v) is 9.50. The summed E-state index contributed by atoms with van der Waals surface area (Å²) in [5, 5.41) is 9.41. The Labute approximate surface area is 179 Å². The van der Waals surface area contributed by atoms with E-state index in [1.807, 2.05) is 0 Å². The number of piperidine rings is 1. The number of nitrogens with zero attached hydrogens (tertiary/aromatic N) is 2. The number of nitrogens with one attached hydrogen (secondary N) is 2. The van der Waals surface area contributed by atoms with Crippen molar-refractivity contribution in [2.24, 2.45) is 5.92 Å². The van der Waals surface area contributed by atoms with Crippen molar-refractivity contribution >= 4 is 44.8 Å². The Morgan fingerprint density at radius 2 is 2.00 bits per heavy atom. The van der Waals surface area contributed by atoms with E-state index in [2.05, 4.69) is 15.8 Å². The molecule has 2 heterocycles. The lowest BCUT2D eigenvalue weighted by Crippen LogP contribution is -2.43. The molecular weight excluding hydrogens is 432 g/mol. The summed E-state index contributed by atoms with van der Waals surface area (Å²) in [5.74, 6) is -0.910. The van der Waals surface area contributed by atoms with Crippen LogP contribution in [0, 0.1) is 19.8 Å². The third-order valence-electron chi connectivity index (χ3n) is 4.87. The van der Waals surface area contributed by atoms with Gasteiger partial charge >= 0.3 is 0 Å². The van der Waals surface area contributed by atoms with Gasteiger partial charge in [-0.15, -0.1) is 0 Å². The van der Waals surface area contributed by atoms with Crippen LogP contribution in [0.1, 0.15) is 31.2 Å². The number of anilines is 2. The molecule has 162 valence electrons. The van der Waals surface area contributed by atoms with Crippen LogP contribution >= 0.6 is 11.6 Å². The van der Waals surface area contributed by atoms with Gasteiger partial charge in [0, 0.05) is 25.7 Å². The molecule has 1 atom stereocenters. The van der Waals surface area contributed by atoms with Crippen LogP contribution in [0.4, 0.5) is 11.4 Å². The molecule has 1 saturated heterocycles. The number of amides is 2. The van der Waals surface area contributed by atoms with Crippen LogP contribution in [-0.4, -0.2) is 42.8 Å². The van der Waals surface area contributed by atoms with E-state index in [0.29, 0.717) is 41.5 Å². The molecule has 1 unspecified atom stereocenters. The number of aryl methyl sites for hydroxylation is 2. The first-order chi connectivity index (χ1) is 14.1. The van der Waals surface area contributed by atoms with E-state index in [0.717, 1.165) is 0 Å². The zero-order valence-electron chi connectivity index (χ0n) is 16.9. The van der Waals surface area contributed by atoms with Crippen LogP contribution in [-0.2, 0) is 19.6 Å². The highest BCUT2D eigenvalue weighted by molar-refractivity contribution is 7.89. The summed E-state index contributed by atoms with van der Waals surface area (Å²) in [6.45, 7) is 4.85. The van der Waals surface area contributed by atoms with E-state index in [-0.39, 0.29) is 29.0 Å². The molecule has 1 aliphatic rings. The summed E-state index contributed by atoms with van der Waals surface area (Å²) in [6, 6.07) is 4.75. The van der Waals surface area contributed by atoms with Crippen molar-refractivity contribution in [3.05, 3.63) is 34.7 Å². The van der Waals surface area contributed by atoms with Crippen molar-refractivity contribution in [2.45, 2.75) is 38.5 Å². The number of hydrogen-bond donors (Lipinski definition) is 2. The number of carbonyl (C=O) groups is 2. The van der Waals surface area contributed by atoms with E-state index < -0.39 is 15.9 Å². The lowest BCUT2D eigenvalue weighted by molar-refractivity contribution is -0.121. The van der Waals surface area contributed by atoms with Gasteiger partial charge in [0.2, 0.25) is 21.8 Å². The molecule has 0 aliphatic carbocycles. The number of aromatic nitrogens is 1. The summed E-state index contributed by atoms with van der Waals surface area (Å²) in [4.78, 5) is 24.1. The van der Waals surface area contributed by atoms with Gasteiger partial charge in [-0.05, 0) is 44.9 Å². The average molecular weight is 455 g/mol. The second-order valence-electron chi connectivity index (χ2n) is 7.22. The molecule has 1 fully saturated rings. The lowest BCUT2D eigenvalue weighted by atomic mass is 9.98. The third kappa shape index (κ3) is 4.66. The van der Waals surface area contributed by atoms with Crippen molar-refractivity contribution in [1.29, 1.82) is 0 Å². The first kappa shape index (κ1) is 22.3. The molecule has 0 spiro atoms. The number of carbonyl (C=O) groups excluding carboxylic acids is 2. The van der Waals surface area contributed by atoms with Crippen LogP contribution < -0.4 is 10.6 Å². The monoisotopic (exact) mass is 454 g/mol. The summed E-state index contributed by atoms with van der Waals surface area (Å²) in [7, 11) is -3.82. The summed E-state index contributed by atoms with van der Waals surface area (Å²) in [5.41, 5.74) is 1.13. The molecule has 0 radical (unpaired) electrons.